The van der Waals surface area contributed by atoms with Crippen molar-refractivity contribution in [3.63, 3.8) is 0 Å². The van der Waals surface area contributed by atoms with Gasteiger partial charge >= 0.3 is 0 Å². The maximum Gasteiger partial charge on any atom is 0.280 e. The van der Waals surface area contributed by atoms with E-state index in [0.717, 1.165) is 36.1 Å². The Hall–Kier alpha value is -2.73. The van der Waals surface area contributed by atoms with E-state index in [4.69, 9.17) is 16.7 Å². The third-order valence-corrected chi connectivity index (χ3v) is 7.22. The first-order valence-corrected chi connectivity index (χ1v) is 11.4. The van der Waals surface area contributed by atoms with E-state index in [0.29, 0.717) is 33.5 Å². The van der Waals surface area contributed by atoms with E-state index in [1.807, 2.05) is 41.1 Å². The number of pyridine rings is 1. The molecule has 3 heterocycles. The molecule has 1 saturated carbocycles. The average molecular weight is 436 g/mol. The Labute approximate surface area is 185 Å². The minimum Gasteiger partial charge on any atom is -0.310 e. The first kappa shape index (κ1) is 20.2. The molecule has 31 heavy (non-hydrogen) atoms. The highest BCUT2D eigenvalue weighted by Crippen LogP contribution is 2.37. The summed E-state index contributed by atoms with van der Waals surface area (Å²) in [6.45, 7) is 6.59. The monoisotopic (exact) mass is 435 g/mol. The third-order valence-electron chi connectivity index (χ3n) is 6.97. The van der Waals surface area contributed by atoms with Gasteiger partial charge in [0.2, 0.25) is 0 Å². The van der Waals surface area contributed by atoms with Crippen molar-refractivity contribution in [1.29, 1.82) is 0 Å². The van der Waals surface area contributed by atoms with Gasteiger partial charge in [0.15, 0.2) is 11.2 Å². The molecule has 6 nitrogen and oxygen atoms in total. The van der Waals surface area contributed by atoms with Crippen LogP contribution in [0, 0.1) is 11.8 Å². The molecule has 3 aromatic heterocycles. The van der Waals surface area contributed by atoms with E-state index in [1.165, 1.54) is 6.42 Å². The summed E-state index contributed by atoms with van der Waals surface area (Å²) < 4.78 is 3.64. The van der Waals surface area contributed by atoms with Gasteiger partial charge in [0.05, 0.1) is 11.3 Å². The molecule has 0 bridgehead atoms. The minimum atomic E-state index is -0.0839. The van der Waals surface area contributed by atoms with E-state index >= 15 is 0 Å². The molecule has 0 unspecified atom stereocenters. The van der Waals surface area contributed by atoms with Crippen molar-refractivity contribution < 1.29 is 0 Å². The largest absolute Gasteiger partial charge is 0.310 e. The van der Waals surface area contributed by atoms with Crippen LogP contribution in [0.15, 0.2) is 41.3 Å². The lowest BCUT2D eigenvalue weighted by atomic mass is 9.78. The van der Waals surface area contributed by atoms with E-state index < -0.39 is 0 Å². The van der Waals surface area contributed by atoms with E-state index in [-0.39, 0.29) is 11.6 Å². The lowest BCUT2D eigenvalue weighted by Gasteiger charge is -2.35. The minimum absolute atomic E-state index is 0.0839. The fraction of sp³-hybridized carbons (Fsp3) is 0.417. The molecule has 1 aromatic carbocycles. The highest BCUT2D eigenvalue weighted by molar-refractivity contribution is 6.30. The summed E-state index contributed by atoms with van der Waals surface area (Å²) in [5.74, 6) is 1.06. The summed E-state index contributed by atoms with van der Waals surface area (Å²) in [6, 6.07) is 9.81. The number of aromatic nitrogens is 5. The van der Waals surface area contributed by atoms with Crippen LogP contribution in [-0.2, 0) is 6.42 Å². The maximum absolute atomic E-state index is 13.4. The SMILES string of the molecule is CCc1nn2c(nnc3c(=O)n([C@@H]4CCC[C@H](C)[C@@H]4C)ccc32)c1-c1ccc(Cl)cc1. The van der Waals surface area contributed by atoms with Crippen LogP contribution in [0.1, 0.15) is 51.8 Å². The third kappa shape index (κ3) is 3.24. The number of nitrogens with zero attached hydrogens (tertiary/aromatic N) is 5. The number of benzene rings is 1. The zero-order chi connectivity index (χ0) is 21.7. The zero-order valence-corrected chi connectivity index (χ0v) is 18.8. The summed E-state index contributed by atoms with van der Waals surface area (Å²) in [5.41, 5.74) is 4.48. The van der Waals surface area contributed by atoms with Crippen LogP contribution in [0.25, 0.3) is 27.8 Å². The molecule has 7 heteroatoms. The molecule has 1 fully saturated rings. The average Bonchev–Trinajstić information content (AvgIpc) is 3.16. The van der Waals surface area contributed by atoms with Crippen molar-refractivity contribution in [2.24, 2.45) is 11.8 Å². The summed E-state index contributed by atoms with van der Waals surface area (Å²) in [7, 11) is 0. The fourth-order valence-corrected chi connectivity index (χ4v) is 5.10. The summed E-state index contributed by atoms with van der Waals surface area (Å²) in [5, 5.41) is 14.3. The van der Waals surface area contributed by atoms with Gasteiger partial charge in [-0.25, -0.2) is 4.52 Å². The maximum atomic E-state index is 13.4. The van der Waals surface area contributed by atoms with Gasteiger partial charge in [0.25, 0.3) is 5.56 Å². The molecule has 0 radical (unpaired) electrons. The number of hydrogen-bond acceptors (Lipinski definition) is 4. The highest BCUT2D eigenvalue weighted by Gasteiger charge is 2.29. The van der Waals surface area contributed by atoms with Crippen LogP contribution in [0.2, 0.25) is 5.02 Å². The molecule has 5 rings (SSSR count). The number of hydrogen-bond donors (Lipinski definition) is 0. The van der Waals surface area contributed by atoms with Gasteiger partial charge in [-0.2, -0.15) is 5.10 Å². The number of fused-ring (bicyclic) bond motifs is 3. The van der Waals surface area contributed by atoms with E-state index in [1.54, 1.807) is 4.52 Å². The Bertz CT molecular complexity index is 1320. The summed E-state index contributed by atoms with van der Waals surface area (Å²) in [6.07, 6.45) is 6.06. The Kier molecular flexibility index (Phi) is 5.05. The summed E-state index contributed by atoms with van der Waals surface area (Å²) >= 11 is 6.07. The van der Waals surface area contributed by atoms with Crippen molar-refractivity contribution in [1.82, 2.24) is 24.4 Å². The molecule has 1 aliphatic rings. The smallest absolute Gasteiger partial charge is 0.280 e. The van der Waals surface area contributed by atoms with E-state index in [2.05, 4.69) is 31.0 Å². The van der Waals surface area contributed by atoms with Gasteiger partial charge in [0.1, 0.15) is 5.52 Å². The van der Waals surface area contributed by atoms with Crippen LogP contribution in [-0.4, -0.2) is 24.4 Å². The molecule has 0 spiro atoms. The predicted molar refractivity (Wildman–Crippen MR) is 124 cm³/mol. The van der Waals surface area contributed by atoms with Crippen LogP contribution in [0.5, 0.6) is 0 Å². The summed E-state index contributed by atoms with van der Waals surface area (Å²) in [4.78, 5) is 13.4. The quantitative estimate of drug-likeness (QED) is 0.437. The predicted octanol–water partition coefficient (Wildman–Crippen LogP) is 5.32. The molecular weight excluding hydrogens is 410 g/mol. The fourth-order valence-electron chi connectivity index (χ4n) is 4.97. The highest BCUT2D eigenvalue weighted by atomic mass is 35.5. The molecular formula is C24H26ClN5O. The van der Waals surface area contributed by atoms with Crippen molar-refractivity contribution in [3.05, 3.63) is 57.6 Å². The van der Waals surface area contributed by atoms with Crippen molar-refractivity contribution >= 4 is 28.3 Å². The lowest BCUT2D eigenvalue weighted by molar-refractivity contribution is 0.183. The van der Waals surface area contributed by atoms with Crippen molar-refractivity contribution in [3.8, 4) is 11.1 Å². The normalized spacial score (nSPS) is 21.7. The Morgan fingerprint density at radius 2 is 1.87 bits per heavy atom. The van der Waals surface area contributed by atoms with Gasteiger partial charge in [-0.15, -0.1) is 10.2 Å². The Morgan fingerprint density at radius 3 is 2.61 bits per heavy atom. The first-order valence-electron chi connectivity index (χ1n) is 11.0. The van der Waals surface area contributed by atoms with Crippen LogP contribution in [0.4, 0.5) is 0 Å². The molecule has 0 saturated heterocycles. The lowest BCUT2D eigenvalue weighted by Crippen LogP contribution is -2.34. The Balaban J connectivity index is 1.70. The number of halogens is 1. The molecule has 3 atom stereocenters. The first-order chi connectivity index (χ1) is 15.0. The van der Waals surface area contributed by atoms with Crippen LogP contribution < -0.4 is 5.56 Å². The molecule has 0 aliphatic heterocycles. The Morgan fingerprint density at radius 1 is 1.10 bits per heavy atom. The molecule has 0 amide bonds. The number of rotatable bonds is 3. The van der Waals surface area contributed by atoms with Gasteiger partial charge in [-0.3, -0.25) is 4.79 Å². The van der Waals surface area contributed by atoms with Crippen molar-refractivity contribution in [2.75, 3.05) is 0 Å². The second-order valence-corrected chi connectivity index (χ2v) is 9.15. The molecule has 1 aliphatic carbocycles. The molecule has 160 valence electrons. The molecule has 4 aromatic rings. The van der Waals surface area contributed by atoms with Crippen LogP contribution in [0.3, 0.4) is 0 Å². The second kappa shape index (κ2) is 7.75. The van der Waals surface area contributed by atoms with Gasteiger partial charge in [-0.05, 0) is 48.4 Å². The topological polar surface area (TPSA) is 65.1 Å². The number of aryl methyl sites for hydroxylation is 1. The standard InChI is InChI=1S/C24H26ClN5O/c1-4-18-21(16-8-10-17(25)11-9-16)23-27-26-22-20(30(23)28-18)12-13-29(24(22)31)19-7-5-6-14(2)15(19)3/h8-15,19H,4-7H2,1-3H3/t14-,15-,19+/m0/s1. The van der Waals surface area contributed by atoms with Gasteiger partial charge in [-0.1, -0.05) is 57.3 Å². The van der Waals surface area contributed by atoms with Crippen LogP contribution >= 0.6 is 11.6 Å². The molecule has 0 N–H and O–H groups in total. The second-order valence-electron chi connectivity index (χ2n) is 8.71. The van der Waals surface area contributed by atoms with Gasteiger partial charge < -0.3 is 4.57 Å². The van der Waals surface area contributed by atoms with E-state index in [9.17, 15) is 4.79 Å². The van der Waals surface area contributed by atoms with Gasteiger partial charge in [0, 0.05) is 17.3 Å². The van der Waals surface area contributed by atoms with Crippen molar-refractivity contribution in [2.45, 2.75) is 52.5 Å². The zero-order valence-electron chi connectivity index (χ0n) is 18.0.